The van der Waals surface area contributed by atoms with Gasteiger partial charge in [0.15, 0.2) is 22.3 Å². The summed E-state index contributed by atoms with van der Waals surface area (Å²) < 4.78 is 75.0. The molecule has 12 heteroatoms. The Kier molecular flexibility index (Phi) is 7.89. The number of fused-ring (bicyclic) bond motifs is 1. The largest absolute Gasteiger partial charge is 0.497 e. The van der Waals surface area contributed by atoms with Crippen molar-refractivity contribution in [2.24, 2.45) is 0 Å². The van der Waals surface area contributed by atoms with Crippen LogP contribution in [0.25, 0.3) is 10.9 Å². The first kappa shape index (κ1) is 28.3. The van der Waals surface area contributed by atoms with E-state index in [0.717, 1.165) is 12.1 Å². The van der Waals surface area contributed by atoms with Gasteiger partial charge in [0.2, 0.25) is 5.88 Å². The second-order valence-corrected chi connectivity index (χ2v) is 10.4. The van der Waals surface area contributed by atoms with E-state index in [9.17, 15) is 17.6 Å². The molecule has 1 aromatic heterocycles. The summed E-state index contributed by atoms with van der Waals surface area (Å²) in [5.41, 5.74) is 0.0343. The lowest BCUT2D eigenvalue weighted by atomic mass is 10.1. The van der Waals surface area contributed by atoms with E-state index < -0.39 is 38.1 Å². The molecule has 0 unspecified atom stereocenters. The van der Waals surface area contributed by atoms with Crippen molar-refractivity contribution in [3.63, 3.8) is 0 Å². The van der Waals surface area contributed by atoms with E-state index in [4.69, 9.17) is 14.2 Å². The van der Waals surface area contributed by atoms with Crippen molar-refractivity contribution in [2.45, 2.75) is 4.90 Å². The van der Waals surface area contributed by atoms with Crippen molar-refractivity contribution in [3.8, 4) is 23.1 Å². The maximum absolute atomic E-state index is 15.8. The third-order valence-electron chi connectivity index (χ3n) is 6.10. The standard InChI is InChI=1S/C30H23F2N3O6S/c1-39-20-12-14-25(22(31)17-20)41-30-21(16-18-8-6-7-11-23(18)34-30)29(36)33-24-13-15-26(40-2)28(27(24)32)42(37,38)35-19-9-4-3-5-10-19/h3-17,35H,1-2H3,(H,33,36). The van der Waals surface area contributed by atoms with Crippen LogP contribution >= 0.6 is 0 Å². The van der Waals surface area contributed by atoms with Crippen LogP contribution in [-0.4, -0.2) is 33.5 Å². The molecule has 5 aromatic rings. The number of carbonyl (C=O) groups is 1. The average molecular weight is 592 g/mol. The van der Waals surface area contributed by atoms with Crippen molar-refractivity contribution < 1.29 is 36.2 Å². The van der Waals surface area contributed by atoms with Gasteiger partial charge in [-0.05, 0) is 48.5 Å². The van der Waals surface area contributed by atoms with Gasteiger partial charge in [0.1, 0.15) is 17.1 Å². The lowest BCUT2D eigenvalue weighted by Gasteiger charge is -2.16. The zero-order chi connectivity index (χ0) is 29.9. The fourth-order valence-electron chi connectivity index (χ4n) is 4.08. The number of rotatable bonds is 9. The second-order valence-electron chi connectivity index (χ2n) is 8.82. The van der Waals surface area contributed by atoms with Crippen LogP contribution in [0.3, 0.4) is 0 Å². The van der Waals surface area contributed by atoms with Gasteiger partial charge in [-0.15, -0.1) is 0 Å². The first-order valence-corrected chi connectivity index (χ1v) is 13.9. The summed E-state index contributed by atoms with van der Waals surface area (Å²) in [6.07, 6.45) is 0. The van der Waals surface area contributed by atoms with Crippen molar-refractivity contribution in [2.75, 3.05) is 24.3 Å². The fourth-order valence-corrected chi connectivity index (χ4v) is 5.39. The van der Waals surface area contributed by atoms with Gasteiger partial charge in [0, 0.05) is 17.1 Å². The number of nitrogens with one attached hydrogen (secondary N) is 2. The highest BCUT2D eigenvalue weighted by Gasteiger charge is 2.28. The second kappa shape index (κ2) is 11.7. The number of nitrogens with zero attached hydrogens (tertiary/aromatic N) is 1. The van der Waals surface area contributed by atoms with Crippen LogP contribution in [0.15, 0.2) is 95.9 Å². The third kappa shape index (κ3) is 5.79. The molecular formula is C30H23F2N3O6S. The molecule has 0 aliphatic heterocycles. The fraction of sp³-hybridized carbons (Fsp3) is 0.0667. The van der Waals surface area contributed by atoms with Crippen molar-refractivity contribution in [3.05, 3.63) is 108 Å². The van der Waals surface area contributed by atoms with E-state index in [1.165, 1.54) is 50.6 Å². The predicted molar refractivity (Wildman–Crippen MR) is 153 cm³/mol. The molecule has 0 saturated heterocycles. The Morgan fingerprint density at radius 1 is 0.833 bits per heavy atom. The molecule has 5 rings (SSSR count). The van der Waals surface area contributed by atoms with E-state index in [1.54, 1.807) is 42.5 Å². The summed E-state index contributed by atoms with van der Waals surface area (Å²) in [7, 11) is -1.91. The number of pyridine rings is 1. The molecule has 9 nitrogen and oxygen atoms in total. The lowest BCUT2D eigenvalue weighted by Crippen LogP contribution is -2.19. The van der Waals surface area contributed by atoms with Gasteiger partial charge < -0.3 is 19.5 Å². The summed E-state index contributed by atoms with van der Waals surface area (Å²) in [4.78, 5) is 17.1. The summed E-state index contributed by atoms with van der Waals surface area (Å²) >= 11 is 0. The summed E-state index contributed by atoms with van der Waals surface area (Å²) in [6, 6.07) is 22.4. The number of ether oxygens (including phenoxy) is 3. The van der Waals surface area contributed by atoms with Crippen LogP contribution in [0.5, 0.6) is 23.1 Å². The zero-order valence-corrected chi connectivity index (χ0v) is 23.0. The average Bonchev–Trinajstić information content (AvgIpc) is 2.98. The lowest BCUT2D eigenvalue weighted by molar-refractivity contribution is 0.102. The maximum atomic E-state index is 15.8. The Morgan fingerprint density at radius 3 is 2.26 bits per heavy atom. The first-order chi connectivity index (χ1) is 20.2. The van der Waals surface area contributed by atoms with Crippen LogP contribution in [0.1, 0.15) is 10.4 Å². The van der Waals surface area contributed by atoms with Crippen LogP contribution < -0.4 is 24.2 Å². The Bertz CT molecular complexity index is 1900. The van der Waals surface area contributed by atoms with Crippen molar-refractivity contribution in [1.82, 2.24) is 4.98 Å². The molecule has 0 spiro atoms. The van der Waals surface area contributed by atoms with Gasteiger partial charge in [0.25, 0.3) is 15.9 Å². The number of methoxy groups -OCH3 is 2. The highest BCUT2D eigenvalue weighted by atomic mass is 32.2. The highest BCUT2D eigenvalue weighted by molar-refractivity contribution is 7.92. The molecule has 0 radical (unpaired) electrons. The summed E-state index contributed by atoms with van der Waals surface area (Å²) in [5, 5.41) is 2.93. The molecular weight excluding hydrogens is 568 g/mol. The van der Waals surface area contributed by atoms with Gasteiger partial charge in [0.05, 0.1) is 25.4 Å². The predicted octanol–water partition coefficient (Wildman–Crippen LogP) is 6.38. The third-order valence-corrected chi connectivity index (χ3v) is 7.53. The number of benzene rings is 4. The normalized spacial score (nSPS) is 11.1. The Morgan fingerprint density at radius 2 is 1.55 bits per heavy atom. The number of sulfonamides is 1. The molecule has 0 saturated carbocycles. The van der Waals surface area contributed by atoms with Gasteiger partial charge in [-0.25, -0.2) is 22.2 Å². The minimum Gasteiger partial charge on any atom is -0.497 e. The SMILES string of the molecule is COc1ccc(Oc2nc3ccccc3cc2C(=O)Nc2ccc(OC)c(S(=O)(=O)Nc3ccccc3)c2F)c(F)c1. The van der Waals surface area contributed by atoms with Gasteiger partial charge in [-0.3, -0.25) is 9.52 Å². The van der Waals surface area contributed by atoms with Gasteiger partial charge in [-0.2, -0.15) is 0 Å². The quantitative estimate of drug-likeness (QED) is 0.205. The molecule has 0 atom stereocenters. The molecule has 1 heterocycles. The minimum absolute atomic E-state index is 0.161. The van der Waals surface area contributed by atoms with Gasteiger partial charge in [-0.1, -0.05) is 36.4 Å². The number of hydrogen-bond acceptors (Lipinski definition) is 7. The number of halogens is 2. The Hall–Kier alpha value is -5.23. The monoisotopic (exact) mass is 591 g/mol. The van der Waals surface area contributed by atoms with Gasteiger partial charge >= 0.3 is 0 Å². The smallest absolute Gasteiger partial charge is 0.268 e. The first-order valence-electron chi connectivity index (χ1n) is 12.4. The number of aromatic nitrogens is 1. The molecule has 0 fully saturated rings. The molecule has 0 aliphatic rings. The molecule has 1 amide bonds. The van der Waals surface area contributed by atoms with Crippen molar-refractivity contribution in [1.29, 1.82) is 0 Å². The van der Waals surface area contributed by atoms with Crippen LogP contribution in [0, 0.1) is 11.6 Å². The Labute approximate surface area is 239 Å². The van der Waals surface area contributed by atoms with E-state index >= 15 is 4.39 Å². The number of carbonyl (C=O) groups excluding carboxylic acids is 1. The van der Waals surface area contributed by atoms with Crippen molar-refractivity contribution >= 4 is 38.2 Å². The maximum Gasteiger partial charge on any atom is 0.268 e. The minimum atomic E-state index is -4.49. The Balaban J connectivity index is 1.53. The van der Waals surface area contributed by atoms with E-state index in [-0.39, 0.29) is 34.4 Å². The molecule has 214 valence electrons. The number of hydrogen-bond donors (Lipinski definition) is 2. The van der Waals surface area contributed by atoms with Crippen LogP contribution in [0.2, 0.25) is 0 Å². The van der Waals surface area contributed by atoms with E-state index in [1.807, 2.05) is 0 Å². The number of para-hydroxylation sites is 2. The van der Waals surface area contributed by atoms with Crippen LogP contribution in [0.4, 0.5) is 20.2 Å². The number of anilines is 2. The highest BCUT2D eigenvalue weighted by Crippen LogP contribution is 2.35. The summed E-state index contributed by atoms with van der Waals surface area (Å²) in [5.74, 6) is -3.43. The summed E-state index contributed by atoms with van der Waals surface area (Å²) in [6.45, 7) is 0. The van der Waals surface area contributed by atoms with E-state index in [0.29, 0.717) is 10.9 Å². The van der Waals surface area contributed by atoms with Crippen LogP contribution in [-0.2, 0) is 10.0 Å². The topological polar surface area (TPSA) is 116 Å². The molecule has 0 aliphatic carbocycles. The zero-order valence-electron chi connectivity index (χ0n) is 22.2. The van der Waals surface area contributed by atoms with E-state index in [2.05, 4.69) is 15.0 Å². The molecule has 42 heavy (non-hydrogen) atoms. The number of amides is 1. The molecule has 0 bridgehead atoms. The molecule has 4 aromatic carbocycles. The molecule has 2 N–H and O–H groups in total.